The molecule has 0 spiro atoms. The summed E-state index contributed by atoms with van der Waals surface area (Å²) in [7, 11) is 4.09. The summed E-state index contributed by atoms with van der Waals surface area (Å²) in [6, 6.07) is 8.20. The average molecular weight is 267 g/mol. The molecule has 2 rings (SSSR count). The van der Waals surface area contributed by atoms with Crippen molar-refractivity contribution in [2.24, 2.45) is 5.92 Å². The summed E-state index contributed by atoms with van der Waals surface area (Å²) >= 11 is 5.82. The molecule has 1 atom stereocenters. The van der Waals surface area contributed by atoms with Crippen molar-refractivity contribution >= 4 is 23.2 Å². The minimum Gasteiger partial charge on any atom is -0.312 e. The SMILES string of the molecule is CN(C)Cc1ccc(N2CC(CCl)CC2=O)cc1. The van der Waals surface area contributed by atoms with Crippen LogP contribution in [-0.4, -0.2) is 37.3 Å². The third-order valence-corrected chi connectivity index (χ3v) is 3.61. The maximum Gasteiger partial charge on any atom is 0.227 e. The Morgan fingerprint density at radius 2 is 2.00 bits per heavy atom. The van der Waals surface area contributed by atoms with E-state index < -0.39 is 0 Å². The Hall–Kier alpha value is -1.06. The summed E-state index contributed by atoms with van der Waals surface area (Å²) in [6.45, 7) is 1.66. The van der Waals surface area contributed by atoms with Gasteiger partial charge in [0.05, 0.1) is 0 Å². The van der Waals surface area contributed by atoms with Crippen LogP contribution >= 0.6 is 11.6 Å². The van der Waals surface area contributed by atoms with E-state index in [0.717, 1.165) is 18.8 Å². The van der Waals surface area contributed by atoms with E-state index >= 15 is 0 Å². The van der Waals surface area contributed by atoms with Crippen LogP contribution in [0.2, 0.25) is 0 Å². The molecule has 1 amide bonds. The van der Waals surface area contributed by atoms with Gasteiger partial charge in [0.25, 0.3) is 0 Å². The number of hydrogen-bond acceptors (Lipinski definition) is 2. The minimum atomic E-state index is 0.181. The Morgan fingerprint density at radius 1 is 1.33 bits per heavy atom. The first-order valence-corrected chi connectivity index (χ1v) is 6.73. The molecule has 1 aliphatic heterocycles. The number of halogens is 1. The van der Waals surface area contributed by atoms with Gasteiger partial charge in [-0.3, -0.25) is 4.79 Å². The van der Waals surface area contributed by atoms with E-state index in [-0.39, 0.29) is 5.91 Å². The van der Waals surface area contributed by atoms with Crippen LogP contribution in [0.3, 0.4) is 0 Å². The number of benzene rings is 1. The Balaban J connectivity index is 2.08. The van der Waals surface area contributed by atoms with Crippen molar-refractivity contribution in [3.8, 4) is 0 Å². The molecule has 0 aliphatic carbocycles. The van der Waals surface area contributed by atoms with Crippen LogP contribution in [0.5, 0.6) is 0 Å². The normalized spacial score (nSPS) is 19.9. The first-order valence-electron chi connectivity index (χ1n) is 6.20. The summed E-state index contributed by atoms with van der Waals surface area (Å²) in [4.78, 5) is 15.8. The molecule has 4 heteroatoms. The molecule has 1 aliphatic rings. The lowest BCUT2D eigenvalue weighted by Gasteiger charge is -2.17. The predicted molar refractivity (Wildman–Crippen MR) is 75.0 cm³/mol. The number of alkyl halides is 1. The smallest absolute Gasteiger partial charge is 0.227 e. The molecule has 1 aromatic rings. The first-order chi connectivity index (χ1) is 8.60. The van der Waals surface area contributed by atoms with Crippen molar-refractivity contribution in [1.29, 1.82) is 0 Å². The van der Waals surface area contributed by atoms with E-state index in [1.54, 1.807) is 0 Å². The number of amides is 1. The zero-order valence-corrected chi connectivity index (χ0v) is 11.7. The first kappa shape index (κ1) is 13.4. The van der Waals surface area contributed by atoms with Gasteiger partial charge in [-0.2, -0.15) is 0 Å². The topological polar surface area (TPSA) is 23.6 Å². The van der Waals surface area contributed by atoms with Crippen molar-refractivity contribution in [2.75, 3.05) is 31.4 Å². The van der Waals surface area contributed by atoms with Crippen molar-refractivity contribution < 1.29 is 4.79 Å². The van der Waals surface area contributed by atoms with Crippen LogP contribution in [0.4, 0.5) is 5.69 Å². The van der Waals surface area contributed by atoms with E-state index in [2.05, 4.69) is 17.0 Å². The Morgan fingerprint density at radius 3 is 2.50 bits per heavy atom. The second-order valence-corrected chi connectivity index (χ2v) is 5.44. The third-order valence-electron chi connectivity index (χ3n) is 3.17. The summed E-state index contributed by atoms with van der Waals surface area (Å²) in [6.07, 6.45) is 0.572. The molecular weight excluding hydrogens is 248 g/mol. The minimum absolute atomic E-state index is 0.181. The summed E-state index contributed by atoms with van der Waals surface area (Å²) in [5, 5.41) is 0. The lowest BCUT2D eigenvalue weighted by molar-refractivity contribution is -0.117. The molecule has 0 radical (unpaired) electrons. The largest absolute Gasteiger partial charge is 0.312 e. The number of carbonyl (C=O) groups is 1. The fraction of sp³-hybridized carbons (Fsp3) is 0.500. The zero-order valence-electron chi connectivity index (χ0n) is 10.9. The van der Waals surface area contributed by atoms with E-state index in [1.807, 2.05) is 31.1 Å². The molecule has 0 N–H and O–H groups in total. The van der Waals surface area contributed by atoms with Crippen LogP contribution in [0.1, 0.15) is 12.0 Å². The van der Waals surface area contributed by atoms with Crippen molar-refractivity contribution in [3.05, 3.63) is 29.8 Å². The van der Waals surface area contributed by atoms with Gasteiger partial charge in [0.15, 0.2) is 0 Å². The van der Waals surface area contributed by atoms with Gasteiger partial charge in [0.1, 0.15) is 0 Å². The Kier molecular flexibility index (Phi) is 4.25. The van der Waals surface area contributed by atoms with Crippen LogP contribution < -0.4 is 4.90 Å². The van der Waals surface area contributed by atoms with E-state index in [0.29, 0.717) is 18.2 Å². The number of anilines is 1. The number of rotatable bonds is 4. The molecule has 1 saturated heterocycles. The van der Waals surface area contributed by atoms with Crippen molar-refractivity contribution in [3.63, 3.8) is 0 Å². The van der Waals surface area contributed by atoms with E-state index in [9.17, 15) is 4.79 Å². The van der Waals surface area contributed by atoms with Gasteiger partial charge in [-0.1, -0.05) is 12.1 Å². The highest BCUT2D eigenvalue weighted by atomic mass is 35.5. The highest BCUT2D eigenvalue weighted by Gasteiger charge is 2.29. The van der Waals surface area contributed by atoms with Gasteiger partial charge in [0, 0.05) is 31.1 Å². The molecule has 18 heavy (non-hydrogen) atoms. The van der Waals surface area contributed by atoms with Crippen LogP contribution in [0, 0.1) is 5.92 Å². The Labute approximate surface area is 113 Å². The number of hydrogen-bond donors (Lipinski definition) is 0. The lowest BCUT2D eigenvalue weighted by Crippen LogP contribution is -2.24. The molecule has 0 aromatic heterocycles. The second-order valence-electron chi connectivity index (χ2n) is 5.13. The van der Waals surface area contributed by atoms with Gasteiger partial charge in [-0.05, 0) is 37.7 Å². The maximum atomic E-state index is 11.9. The lowest BCUT2D eigenvalue weighted by atomic mass is 10.1. The monoisotopic (exact) mass is 266 g/mol. The molecular formula is C14H19ClN2O. The quantitative estimate of drug-likeness (QED) is 0.781. The third kappa shape index (κ3) is 3.03. The van der Waals surface area contributed by atoms with E-state index in [4.69, 9.17) is 11.6 Å². The maximum absolute atomic E-state index is 11.9. The van der Waals surface area contributed by atoms with Gasteiger partial charge >= 0.3 is 0 Å². The van der Waals surface area contributed by atoms with Crippen molar-refractivity contribution in [2.45, 2.75) is 13.0 Å². The van der Waals surface area contributed by atoms with Crippen LogP contribution in [-0.2, 0) is 11.3 Å². The predicted octanol–water partition coefficient (Wildman–Crippen LogP) is 2.34. The molecule has 1 heterocycles. The molecule has 1 aromatic carbocycles. The molecule has 0 bridgehead atoms. The van der Waals surface area contributed by atoms with E-state index in [1.165, 1.54) is 5.56 Å². The standard InChI is InChI=1S/C14H19ClN2O/c1-16(2)9-11-3-5-13(6-4-11)17-10-12(8-15)7-14(17)18/h3-6,12H,7-10H2,1-2H3. The van der Waals surface area contributed by atoms with Crippen LogP contribution in [0.15, 0.2) is 24.3 Å². The molecule has 1 fully saturated rings. The number of carbonyl (C=O) groups excluding carboxylic acids is 1. The fourth-order valence-electron chi connectivity index (χ4n) is 2.28. The van der Waals surface area contributed by atoms with Gasteiger partial charge < -0.3 is 9.80 Å². The Bertz CT molecular complexity index is 416. The zero-order chi connectivity index (χ0) is 13.1. The molecule has 1 unspecified atom stereocenters. The van der Waals surface area contributed by atoms with Gasteiger partial charge in [0.2, 0.25) is 5.91 Å². The van der Waals surface area contributed by atoms with Gasteiger partial charge in [-0.15, -0.1) is 11.6 Å². The van der Waals surface area contributed by atoms with Crippen molar-refractivity contribution in [1.82, 2.24) is 4.90 Å². The summed E-state index contributed by atoms with van der Waals surface area (Å²) in [5.74, 6) is 1.03. The highest BCUT2D eigenvalue weighted by Crippen LogP contribution is 2.26. The summed E-state index contributed by atoms with van der Waals surface area (Å²) in [5.41, 5.74) is 2.24. The number of nitrogens with zero attached hydrogens (tertiary/aromatic N) is 2. The fourth-order valence-corrected chi connectivity index (χ4v) is 2.49. The molecule has 98 valence electrons. The molecule has 3 nitrogen and oxygen atoms in total. The average Bonchev–Trinajstić information content (AvgIpc) is 2.71. The van der Waals surface area contributed by atoms with Gasteiger partial charge in [-0.25, -0.2) is 0 Å². The summed E-state index contributed by atoms with van der Waals surface area (Å²) < 4.78 is 0. The molecule has 0 saturated carbocycles. The van der Waals surface area contributed by atoms with Crippen LogP contribution in [0.25, 0.3) is 0 Å². The highest BCUT2D eigenvalue weighted by molar-refractivity contribution is 6.18. The second kappa shape index (κ2) is 5.72.